The number of hydrogen-bond donors (Lipinski definition) is 0. The third kappa shape index (κ3) is 4.49. The van der Waals surface area contributed by atoms with E-state index in [1.807, 2.05) is 25.1 Å². The molecule has 3 rings (SSSR count). The minimum Gasteiger partial charge on any atom is -0.487 e. The maximum atomic E-state index is 5.80. The van der Waals surface area contributed by atoms with Gasteiger partial charge in [0.25, 0.3) is 0 Å². The average molecular weight is 296 g/mol. The molecule has 1 aromatic carbocycles. The van der Waals surface area contributed by atoms with Crippen molar-refractivity contribution < 1.29 is 28.4 Å². The van der Waals surface area contributed by atoms with E-state index in [9.17, 15) is 0 Å². The maximum absolute atomic E-state index is 5.80. The van der Waals surface area contributed by atoms with Gasteiger partial charge in [-0.05, 0) is 19.1 Å². The SMILES string of the molecule is CCOCOc1cccc(OCC2CO2)c1OCC1CO1. The zero-order valence-electron chi connectivity index (χ0n) is 12.1. The van der Waals surface area contributed by atoms with E-state index >= 15 is 0 Å². The van der Waals surface area contributed by atoms with Gasteiger partial charge in [0.1, 0.15) is 25.4 Å². The lowest BCUT2D eigenvalue weighted by atomic mass is 10.3. The van der Waals surface area contributed by atoms with E-state index < -0.39 is 0 Å². The van der Waals surface area contributed by atoms with Crippen LogP contribution in [0.3, 0.4) is 0 Å². The van der Waals surface area contributed by atoms with Gasteiger partial charge in [0, 0.05) is 6.61 Å². The Labute approximate surface area is 123 Å². The Hall–Kier alpha value is -1.50. The molecule has 6 heteroatoms. The van der Waals surface area contributed by atoms with Gasteiger partial charge in [-0.1, -0.05) is 6.07 Å². The Kier molecular flexibility index (Phi) is 4.80. The number of rotatable bonds is 10. The van der Waals surface area contributed by atoms with Gasteiger partial charge in [-0.2, -0.15) is 0 Å². The summed E-state index contributed by atoms with van der Waals surface area (Å²) in [6, 6.07) is 5.56. The Balaban J connectivity index is 1.66. The quantitative estimate of drug-likeness (QED) is 0.371. The van der Waals surface area contributed by atoms with E-state index in [1.165, 1.54) is 0 Å². The van der Waals surface area contributed by atoms with Gasteiger partial charge in [-0.25, -0.2) is 0 Å². The molecule has 2 fully saturated rings. The Bertz CT molecular complexity index is 455. The molecule has 2 atom stereocenters. The molecule has 2 aliphatic rings. The molecule has 2 aliphatic heterocycles. The summed E-state index contributed by atoms with van der Waals surface area (Å²) < 4.78 is 32.7. The number of hydrogen-bond acceptors (Lipinski definition) is 6. The van der Waals surface area contributed by atoms with Crippen LogP contribution in [0.15, 0.2) is 18.2 Å². The molecule has 0 aromatic heterocycles. The first-order valence-corrected chi connectivity index (χ1v) is 7.19. The molecule has 2 heterocycles. The number of ether oxygens (including phenoxy) is 6. The smallest absolute Gasteiger partial charge is 0.203 e. The summed E-state index contributed by atoms with van der Waals surface area (Å²) in [6.07, 6.45) is 0.363. The zero-order chi connectivity index (χ0) is 14.5. The second-order valence-corrected chi connectivity index (χ2v) is 4.87. The van der Waals surface area contributed by atoms with Crippen LogP contribution < -0.4 is 14.2 Å². The topological polar surface area (TPSA) is 62.0 Å². The summed E-state index contributed by atoms with van der Waals surface area (Å²) in [5, 5.41) is 0. The van der Waals surface area contributed by atoms with Crippen LogP contribution in [0.2, 0.25) is 0 Å². The van der Waals surface area contributed by atoms with Crippen molar-refractivity contribution in [3.8, 4) is 17.2 Å². The Morgan fingerprint density at radius 1 is 1.00 bits per heavy atom. The summed E-state index contributed by atoms with van der Waals surface area (Å²) >= 11 is 0. The highest BCUT2D eigenvalue weighted by Crippen LogP contribution is 2.38. The molecular formula is C15H20O6. The van der Waals surface area contributed by atoms with Crippen LogP contribution in [0.4, 0.5) is 0 Å². The van der Waals surface area contributed by atoms with Gasteiger partial charge >= 0.3 is 0 Å². The first-order valence-electron chi connectivity index (χ1n) is 7.19. The van der Waals surface area contributed by atoms with Crippen LogP contribution in [0.1, 0.15) is 6.92 Å². The highest BCUT2D eigenvalue weighted by atomic mass is 16.7. The predicted octanol–water partition coefficient (Wildman–Crippen LogP) is 1.61. The van der Waals surface area contributed by atoms with E-state index in [-0.39, 0.29) is 19.0 Å². The Morgan fingerprint density at radius 3 is 2.24 bits per heavy atom. The van der Waals surface area contributed by atoms with Crippen molar-refractivity contribution in [3.05, 3.63) is 18.2 Å². The van der Waals surface area contributed by atoms with Gasteiger partial charge in [0.2, 0.25) is 5.75 Å². The fourth-order valence-corrected chi connectivity index (χ4v) is 1.74. The van der Waals surface area contributed by atoms with Crippen LogP contribution >= 0.6 is 0 Å². The van der Waals surface area contributed by atoms with Gasteiger partial charge < -0.3 is 28.4 Å². The minimum atomic E-state index is 0.171. The monoisotopic (exact) mass is 296 g/mol. The van der Waals surface area contributed by atoms with Crippen LogP contribution in [-0.4, -0.2) is 52.0 Å². The summed E-state index contributed by atoms with van der Waals surface area (Å²) in [6.45, 7) is 5.21. The van der Waals surface area contributed by atoms with Crippen molar-refractivity contribution in [1.29, 1.82) is 0 Å². The van der Waals surface area contributed by atoms with Gasteiger partial charge in [0.15, 0.2) is 18.3 Å². The molecular weight excluding hydrogens is 276 g/mol. The summed E-state index contributed by atoms with van der Waals surface area (Å²) in [4.78, 5) is 0. The van der Waals surface area contributed by atoms with Crippen LogP contribution in [0, 0.1) is 0 Å². The van der Waals surface area contributed by atoms with Crippen LogP contribution in [-0.2, 0) is 14.2 Å². The van der Waals surface area contributed by atoms with Crippen molar-refractivity contribution in [1.82, 2.24) is 0 Å². The van der Waals surface area contributed by atoms with Crippen LogP contribution in [0.25, 0.3) is 0 Å². The normalized spacial score (nSPS) is 22.7. The Morgan fingerprint density at radius 2 is 1.62 bits per heavy atom. The lowest BCUT2D eigenvalue weighted by Crippen LogP contribution is -2.10. The molecule has 6 nitrogen and oxygen atoms in total. The van der Waals surface area contributed by atoms with Crippen molar-refractivity contribution in [3.63, 3.8) is 0 Å². The van der Waals surface area contributed by atoms with Gasteiger partial charge in [-0.15, -0.1) is 0 Å². The molecule has 1 aromatic rings. The van der Waals surface area contributed by atoms with E-state index in [0.29, 0.717) is 37.1 Å². The molecule has 0 saturated carbocycles. The highest BCUT2D eigenvalue weighted by Gasteiger charge is 2.26. The fraction of sp³-hybridized carbons (Fsp3) is 0.600. The fourth-order valence-electron chi connectivity index (χ4n) is 1.74. The second kappa shape index (κ2) is 6.98. The molecule has 0 spiro atoms. The largest absolute Gasteiger partial charge is 0.487 e. The molecule has 21 heavy (non-hydrogen) atoms. The average Bonchev–Trinajstić information content (AvgIpc) is 3.38. The van der Waals surface area contributed by atoms with E-state index in [0.717, 1.165) is 13.2 Å². The highest BCUT2D eigenvalue weighted by molar-refractivity contribution is 5.51. The first kappa shape index (κ1) is 14.4. The van der Waals surface area contributed by atoms with Crippen LogP contribution in [0.5, 0.6) is 17.2 Å². The molecule has 0 aliphatic carbocycles. The standard InChI is InChI=1S/C15H20O6/c1-2-16-10-21-14-5-3-4-13(19-8-11-6-17-11)15(14)20-9-12-7-18-12/h3-5,11-12H,2,6-10H2,1H3. The van der Waals surface area contributed by atoms with E-state index in [4.69, 9.17) is 28.4 Å². The lowest BCUT2D eigenvalue weighted by Gasteiger charge is -2.16. The lowest BCUT2D eigenvalue weighted by molar-refractivity contribution is 0.0201. The van der Waals surface area contributed by atoms with E-state index in [1.54, 1.807) is 0 Å². The van der Waals surface area contributed by atoms with Crippen molar-refractivity contribution in [2.24, 2.45) is 0 Å². The van der Waals surface area contributed by atoms with Crippen molar-refractivity contribution >= 4 is 0 Å². The molecule has 0 N–H and O–H groups in total. The summed E-state index contributed by atoms with van der Waals surface area (Å²) in [5.74, 6) is 1.85. The van der Waals surface area contributed by atoms with Crippen molar-refractivity contribution in [2.75, 3.05) is 39.8 Å². The summed E-state index contributed by atoms with van der Waals surface area (Å²) in [7, 11) is 0. The molecule has 2 saturated heterocycles. The van der Waals surface area contributed by atoms with E-state index in [2.05, 4.69) is 0 Å². The third-order valence-corrected chi connectivity index (χ3v) is 3.09. The van der Waals surface area contributed by atoms with Gasteiger partial charge in [0.05, 0.1) is 13.2 Å². The predicted molar refractivity (Wildman–Crippen MR) is 74.0 cm³/mol. The minimum absolute atomic E-state index is 0.171. The molecule has 0 amide bonds. The second-order valence-electron chi connectivity index (χ2n) is 4.87. The van der Waals surface area contributed by atoms with Gasteiger partial charge in [-0.3, -0.25) is 0 Å². The third-order valence-electron chi connectivity index (χ3n) is 3.09. The summed E-state index contributed by atoms with van der Waals surface area (Å²) in [5.41, 5.74) is 0. The molecule has 0 bridgehead atoms. The molecule has 2 unspecified atom stereocenters. The number of epoxide rings is 2. The number of benzene rings is 1. The molecule has 116 valence electrons. The zero-order valence-corrected chi connectivity index (χ0v) is 12.1. The number of para-hydroxylation sites is 1. The first-order chi connectivity index (χ1) is 10.4. The maximum Gasteiger partial charge on any atom is 0.203 e. The molecule has 0 radical (unpaired) electrons. The van der Waals surface area contributed by atoms with Crippen molar-refractivity contribution in [2.45, 2.75) is 19.1 Å².